The molecule has 2 fully saturated rings. The van der Waals surface area contributed by atoms with Gasteiger partial charge in [-0.15, -0.1) is 0 Å². The highest BCUT2D eigenvalue weighted by atomic mass is 16.5. The third-order valence-corrected chi connectivity index (χ3v) is 8.99. The lowest BCUT2D eigenvalue weighted by Crippen LogP contribution is -2.58. The van der Waals surface area contributed by atoms with Crippen molar-refractivity contribution in [2.24, 2.45) is 11.8 Å². The molecule has 0 aliphatic carbocycles. The predicted octanol–water partition coefficient (Wildman–Crippen LogP) is 4.55. The molecule has 0 aromatic heterocycles. The van der Waals surface area contributed by atoms with Crippen LogP contribution in [0, 0.1) is 11.8 Å². The summed E-state index contributed by atoms with van der Waals surface area (Å²) < 4.78 is 5.56. The fraction of sp³-hybridized carbons (Fsp3) is 0.657. The van der Waals surface area contributed by atoms with E-state index in [1.54, 1.807) is 23.8 Å². The van der Waals surface area contributed by atoms with Crippen LogP contribution < -0.4 is 5.32 Å². The van der Waals surface area contributed by atoms with Gasteiger partial charge in [-0.05, 0) is 70.4 Å². The van der Waals surface area contributed by atoms with Crippen LogP contribution in [0.4, 0.5) is 0 Å². The van der Waals surface area contributed by atoms with E-state index < -0.39 is 18.1 Å². The number of hydrogen-bond acceptors (Lipinski definition) is 6. The molecule has 44 heavy (non-hydrogen) atoms. The van der Waals surface area contributed by atoms with E-state index in [-0.39, 0.29) is 54.3 Å². The highest BCUT2D eigenvalue weighted by Gasteiger charge is 2.38. The lowest BCUT2D eigenvalue weighted by molar-refractivity contribution is -0.153. The molecule has 1 aromatic rings. The van der Waals surface area contributed by atoms with E-state index in [0.717, 1.165) is 37.8 Å². The number of amides is 3. The van der Waals surface area contributed by atoms with Crippen LogP contribution in [0.2, 0.25) is 0 Å². The number of carbonyl (C=O) groups is 4. The number of rotatable bonds is 12. The van der Waals surface area contributed by atoms with E-state index in [0.29, 0.717) is 18.5 Å². The maximum atomic E-state index is 13.9. The minimum Gasteiger partial charge on any atom is -0.459 e. The molecule has 0 spiro atoms. The van der Waals surface area contributed by atoms with E-state index in [2.05, 4.69) is 24.1 Å². The number of likely N-dealkylation sites (tertiary alicyclic amines) is 2. The zero-order valence-corrected chi connectivity index (χ0v) is 28.0. The Bertz CT molecular complexity index is 1160. The van der Waals surface area contributed by atoms with Crippen molar-refractivity contribution in [2.45, 2.75) is 117 Å². The molecule has 9 nitrogen and oxygen atoms in total. The Balaban J connectivity index is 1.71. The standard InChI is InChI=1S/C35H54N4O5/c1-23(2)30(37(8)34(42)31(24(3)4)36-32(40)28-17-12-13-19-38(28)25(5)6)21-26(7)33(41)39-20-14-18-29(39)35(43)44-22-27-15-10-9-11-16-27/h9-11,15-16,21,23-25,28-31H,12-14,17-20,22H2,1-8H3,(H,36,40)/t28-,29+,30-,31+/m1/s1. The average molecular weight is 611 g/mol. The first-order valence-corrected chi connectivity index (χ1v) is 16.4. The number of esters is 1. The van der Waals surface area contributed by atoms with Crippen molar-refractivity contribution in [2.75, 3.05) is 20.1 Å². The first kappa shape index (κ1) is 35.3. The van der Waals surface area contributed by atoms with Gasteiger partial charge in [0.05, 0.1) is 12.1 Å². The van der Waals surface area contributed by atoms with E-state index >= 15 is 0 Å². The Morgan fingerprint density at radius 1 is 0.932 bits per heavy atom. The van der Waals surface area contributed by atoms with Crippen molar-refractivity contribution in [3.63, 3.8) is 0 Å². The van der Waals surface area contributed by atoms with Crippen molar-refractivity contribution in [3.8, 4) is 0 Å². The lowest BCUT2D eigenvalue weighted by Gasteiger charge is -2.39. The molecule has 2 aliphatic rings. The molecule has 2 heterocycles. The summed E-state index contributed by atoms with van der Waals surface area (Å²) in [6.07, 6.45) is 5.97. The smallest absolute Gasteiger partial charge is 0.329 e. The van der Waals surface area contributed by atoms with Gasteiger partial charge in [0, 0.05) is 25.2 Å². The number of ether oxygens (including phenoxy) is 1. The Morgan fingerprint density at radius 3 is 2.20 bits per heavy atom. The van der Waals surface area contributed by atoms with Crippen LogP contribution in [0.3, 0.4) is 0 Å². The summed E-state index contributed by atoms with van der Waals surface area (Å²) in [6.45, 7) is 15.4. The SMILES string of the molecule is CC(=C[C@H](C(C)C)N(C)C(=O)[C@@H](NC(=O)[C@H]1CCCCN1C(C)C)C(C)C)C(=O)N1CCC[C@H]1C(=O)OCc1ccccc1. The van der Waals surface area contributed by atoms with Gasteiger partial charge < -0.3 is 19.9 Å². The van der Waals surface area contributed by atoms with Gasteiger partial charge in [0.2, 0.25) is 17.7 Å². The molecular weight excluding hydrogens is 556 g/mol. The number of nitrogens with zero attached hydrogens (tertiary/aromatic N) is 3. The van der Waals surface area contributed by atoms with E-state index in [1.807, 2.05) is 64.1 Å². The fourth-order valence-electron chi connectivity index (χ4n) is 6.37. The number of likely N-dealkylation sites (N-methyl/N-ethyl adjacent to an activating group) is 1. The topological polar surface area (TPSA) is 99.3 Å². The Hall–Kier alpha value is -3.20. The van der Waals surface area contributed by atoms with Crippen molar-refractivity contribution < 1.29 is 23.9 Å². The van der Waals surface area contributed by atoms with Gasteiger partial charge in [-0.3, -0.25) is 19.3 Å². The molecule has 2 aliphatic heterocycles. The molecule has 0 bridgehead atoms. The molecule has 3 amide bonds. The summed E-state index contributed by atoms with van der Waals surface area (Å²) in [5.74, 6) is -1.01. The van der Waals surface area contributed by atoms with E-state index in [1.165, 1.54) is 0 Å². The fourth-order valence-corrected chi connectivity index (χ4v) is 6.37. The molecule has 2 saturated heterocycles. The molecule has 9 heteroatoms. The van der Waals surface area contributed by atoms with Crippen LogP contribution in [0.1, 0.15) is 86.1 Å². The summed E-state index contributed by atoms with van der Waals surface area (Å²) in [4.78, 5) is 59.4. The third kappa shape index (κ3) is 8.93. The van der Waals surface area contributed by atoms with Crippen LogP contribution in [0.25, 0.3) is 0 Å². The summed E-state index contributed by atoms with van der Waals surface area (Å²) in [6, 6.07) is 7.81. The zero-order chi connectivity index (χ0) is 32.6. The van der Waals surface area contributed by atoms with Crippen LogP contribution >= 0.6 is 0 Å². The maximum absolute atomic E-state index is 13.9. The van der Waals surface area contributed by atoms with Crippen molar-refractivity contribution in [1.82, 2.24) is 20.0 Å². The number of hydrogen-bond donors (Lipinski definition) is 1. The number of carbonyl (C=O) groups excluding carboxylic acids is 4. The van der Waals surface area contributed by atoms with Crippen LogP contribution in [-0.4, -0.2) is 88.7 Å². The third-order valence-electron chi connectivity index (χ3n) is 8.99. The molecule has 1 N–H and O–H groups in total. The van der Waals surface area contributed by atoms with E-state index in [9.17, 15) is 19.2 Å². The van der Waals surface area contributed by atoms with Crippen molar-refractivity contribution in [3.05, 3.63) is 47.5 Å². The van der Waals surface area contributed by atoms with Crippen LogP contribution in [0.15, 0.2) is 42.0 Å². The van der Waals surface area contributed by atoms with Gasteiger partial charge in [-0.25, -0.2) is 4.79 Å². The van der Waals surface area contributed by atoms with Gasteiger partial charge in [-0.2, -0.15) is 0 Å². The second kappa shape index (κ2) is 16.2. The summed E-state index contributed by atoms with van der Waals surface area (Å²) in [7, 11) is 1.74. The first-order chi connectivity index (χ1) is 20.8. The Morgan fingerprint density at radius 2 is 1.59 bits per heavy atom. The van der Waals surface area contributed by atoms with Crippen LogP contribution in [-0.2, 0) is 30.5 Å². The largest absolute Gasteiger partial charge is 0.459 e. The van der Waals surface area contributed by atoms with Crippen LogP contribution in [0.5, 0.6) is 0 Å². The second-order valence-electron chi connectivity index (χ2n) is 13.4. The second-order valence-corrected chi connectivity index (χ2v) is 13.4. The normalized spacial score (nSPS) is 21.0. The first-order valence-electron chi connectivity index (χ1n) is 16.4. The molecule has 0 radical (unpaired) electrons. The quantitative estimate of drug-likeness (QED) is 0.275. The molecule has 4 atom stereocenters. The molecule has 244 valence electrons. The Labute approximate surface area is 264 Å². The number of nitrogens with one attached hydrogen (secondary N) is 1. The highest BCUT2D eigenvalue weighted by Crippen LogP contribution is 2.24. The lowest BCUT2D eigenvalue weighted by atomic mass is 9.95. The molecule has 0 saturated carbocycles. The molecular formula is C35H54N4O5. The minimum atomic E-state index is -0.684. The Kier molecular flexibility index (Phi) is 13.0. The van der Waals surface area contributed by atoms with Gasteiger partial charge in [-0.1, -0.05) is 70.5 Å². The minimum absolute atomic E-state index is 0.00945. The average Bonchev–Trinajstić information content (AvgIpc) is 3.50. The summed E-state index contributed by atoms with van der Waals surface area (Å²) in [5.41, 5.74) is 1.37. The molecule has 1 aromatic carbocycles. The van der Waals surface area contributed by atoms with E-state index in [4.69, 9.17) is 4.74 Å². The predicted molar refractivity (Wildman–Crippen MR) is 172 cm³/mol. The molecule has 0 unspecified atom stereocenters. The van der Waals surface area contributed by atoms with Gasteiger partial charge >= 0.3 is 5.97 Å². The van der Waals surface area contributed by atoms with Crippen molar-refractivity contribution >= 4 is 23.7 Å². The highest BCUT2D eigenvalue weighted by molar-refractivity contribution is 5.96. The number of benzene rings is 1. The van der Waals surface area contributed by atoms with Gasteiger partial charge in [0.25, 0.3) is 0 Å². The van der Waals surface area contributed by atoms with Gasteiger partial charge in [0.15, 0.2) is 0 Å². The van der Waals surface area contributed by atoms with Gasteiger partial charge in [0.1, 0.15) is 18.7 Å². The van der Waals surface area contributed by atoms with Crippen molar-refractivity contribution in [1.29, 1.82) is 0 Å². The summed E-state index contributed by atoms with van der Waals surface area (Å²) in [5, 5.41) is 3.09. The molecule has 3 rings (SSSR count). The monoisotopic (exact) mass is 610 g/mol. The maximum Gasteiger partial charge on any atom is 0.329 e. The number of piperidine rings is 1. The zero-order valence-electron chi connectivity index (χ0n) is 28.0. The summed E-state index contributed by atoms with van der Waals surface area (Å²) >= 11 is 0.